The standard InChI is InChI=1S/C35H37ClFN3O5S/c1-4-25(2)38-35(42)33(22-26-8-6-5-7-9-26)39(23-27-10-12-28(36)13-11-27)34(41)24-40(30-16-14-29(37)15-17-30)46(43,44)32-20-18-31(45-3)19-21-32/h5-21,25,33H,4,22-24H2,1-3H3,(H,38,42)/t25-,33-/m0/s1. The van der Waals surface area contributed by atoms with Crippen molar-refractivity contribution in [2.75, 3.05) is 18.0 Å². The number of anilines is 1. The Morgan fingerprint density at radius 1 is 0.891 bits per heavy atom. The minimum absolute atomic E-state index is 0.00126. The van der Waals surface area contributed by atoms with E-state index in [9.17, 15) is 22.4 Å². The van der Waals surface area contributed by atoms with Gasteiger partial charge in [0.05, 0.1) is 17.7 Å². The summed E-state index contributed by atoms with van der Waals surface area (Å²) in [6, 6.07) is 25.6. The van der Waals surface area contributed by atoms with Gasteiger partial charge in [0.1, 0.15) is 24.2 Å². The molecule has 0 aliphatic heterocycles. The molecule has 0 spiro atoms. The number of methoxy groups -OCH3 is 1. The van der Waals surface area contributed by atoms with E-state index in [4.69, 9.17) is 16.3 Å². The SMILES string of the molecule is CC[C@H](C)NC(=O)[C@H](Cc1ccccc1)N(Cc1ccc(Cl)cc1)C(=O)CN(c1ccc(F)cc1)S(=O)(=O)c1ccc(OC)cc1. The van der Waals surface area contributed by atoms with E-state index >= 15 is 0 Å². The molecule has 2 atom stereocenters. The Bertz CT molecular complexity index is 1700. The number of halogens is 2. The molecular weight excluding hydrogens is 629 g/mol. The van der Waals surface area contributed by atoms with Gasteiger partial charge in [0.25, 0.3) is 10.0 Å². The van der Waals surface area contributed by atoms with E-state index in [-0.39, 0.29) is 35.5 Å². The van der Waals surface area contributed by atoms with Gasteiger partial charge in [0, 0.05) is 24.0 Å². The van der Waals surface area contributed by atoms with Gasteiger partial charge in [-0.05, 0) is 85.1 Å². The lowest BCUT2D eigenvalue weighted by Gasteiger charge is -2.34. The number of sulfonamides is 1. The van der Waals surface area contributed by atoms with Crippen molar-refractivity contribution in [3.05, 3.63) is 125 Å². The number of nitrogens with one attached hydrogen (secondary N) is 1. The van der Waals surface area contributed by atoms with Gasteiger partial charge in [-0.15, -0.1) is 0 Å². The molecule has 11 heteroatoms. The van der Waals surface area contributed by atoms with Crippen molar-refractivity contribution < 1.29 is 27.1 Å². The minimum Gasteiger partial charge on any atom is -0.497 e. The molecule has 4 aromatic rings. The summed E-state index contributed by atoms with van der Waals surface area (Å²) in [4.78, 5) is 29.6. The van der Waals surface area contributed by atoms with Gasteiger partial charge in [0.2, 0.25) is 11.8 Å². The fraction of sp³-hybridized carbons (Fsp3) is 0.257. The molecule has 4 rings (SSSR count). The van der Waals surface area contributed by atoms with Crippen LogP contribution in [0, 0.1) is 5.82 Å². The van der Waals surface area contributed by atoms with Gasteiger partial charge in [-0.25, -0.2) is 12.8 Å². The van der Waals surface area contributed by atoms with E-state index in [2.05, 4.69) is 5.32 Å². The molecular formula is C35H37ClFN3O5S. The average Bonchev–Trinajstić information content (AvgIpc) is 3.06. The first-order chi connectivity index (χ1) is 22.0. The van der Waals surface area contributed by atoms with E-state index in [1.54, 1.807) is 24.3 Å². The zero-order chi connectivity index (χ0) is 33.3. The molecule has 46 heavy (non-hydrogen) atoms. The fourth-order valence-corrected chi connectivity index (χ4v) is 6.33. The van der Waals surface area contributed by atoms with Crippen LogP contribution < -0.4 is 14.4 Å². The third kappa shape index (κ3) is 8.86. The first-order valence-electron chi connectivity index (χ1n) is 14.8. The van der Waals surface area contributed by atoms with Crippen LogP contribution in [-0.2, 0) is 32.6 Å². The number of ether oxygens (including phenoxy) is 1. The van der Waals surface area contributed by atoms with E-state index < -0.39 is 34.3 Å². The van der Waals surface area contributed by atoms with Crippen LogP contribution in [0.15, 0.2) is 108 Å². The van der Waals surface area contributed by atoms with Crippen LogP contribution >= 0.6 is 11.6 Å². The molecule has 242 valence electrons. The normalized spacial score (nSPS) is 12.5. The zero-order valence-corrected chi connectivity index (χ0v) is 27.5. The second-order valence-corrected chi connectivity index (χ2v) is 13.1. The minimum atomic E-state index is -4.34. The highest BCUT2D eigenvalue weighted by molar-refractivity contribution is 7.92. The Labute approximate surface area is 274 Å². The molecule has 8 nitrogen and oxygen atoms in total. The van der Waals surface area contributed by atoms with Crippen molar-refractivity contribution in [2.24, 2.45) is 0 Å². The van der Waals surface area contributed by atoms with Crippen LogP contribution in [0.3, 0.4) is 0 Å². The highest BCUT2D eigenvalue weighted by Gasteiger charge is 2.35. The smallest absolute Gasteiger partial charge is 0.264 e. The maximum Gasteiger partial charge on any atom is 0.264 e. The number of hydrogen-bond acceptors (Lipinski definition) is 5. The van der Waals surface area contributed by atoms with Crippen LogP contribution in [0.2, 0.25) is 5.02 Å². The summed E-state index contributed by atoms with van der Waals surface area (Å²) in [6.07, 6.45) is 0.859. The van der Waals surface area contributed by atoms with Gasteiger partial charge in [0.15, 0.2) is 0 Å². The molecule has 0 bridgehead atoms. The molecule has 0 aliphatic rings. The second kappa shape index (κ2) is 15.7. The highest BCUT2D eigenvalue weighted by atomic mass is 35.5. The molecule has 0 aliphatic carbocycles. The summed E-state index contributed by atoms with van der Waals surface area (Å²) in [5.41, 5.74) is 1.60. The van der Waals surface area contributed by atoms with E-state index in [0.29, 0.717) is 22.8 Å². The summed E-state index contributed by atoms with van der Waals surface area (Å²) in [5, 5.41) is 3.50. The summed E-state index contributed by atoms with van der Waals surface area (Å²) >= 11 is 6.13. The lowest BCUT2D eigenvalue weighted by molar-refractivity contribution is -0.140. The number of hydrogen-bond donors (Lipinski definition) is 1. The molecule has 0 radical (unpaired) electrons. The molecule has 1 N–H and O–H groups in total. The molecule has 0 heterocycles. The zero-order valence-electron chi connectivity index (χ0n) is 25.9. The van der Waals surface area contributed by atoms with E-state index in [0.717, 1.165) is 22.0 Å². The van der Waals surface area contributed by atoms with Gasteiger partial charge in [-0.2, -0.15) is 0 Å². The van der Waals surface area contributed by atoms with E-state index in [1.807, 2.05) is 44.2 Å². The number of amides is 2. The third-order valence-corrected chi connectivity index (χ3v) is 9.62. The monoisotopic (exact) mass is 665 g/mol. The van der Waals surface area contributed by atoms with E-state index in [1.165, 1.54) is 48.4 Å². The second-order valence-electron chi connectivity index (χ2n) is 10.8. The first kappa shape index (κ1) is 34.5. The van der Waals surface area contributed by atoms with Gasteiger partial charge in [-0.3, -0.25) is 13.9 Å². The predicted molar refractivity (Wildman–Crippen MR) is 178 cm³/mol. The lowest BCUT2D eigenvalue weighted by Crippen LogP contribution is -2.54. The fourth-order valence-electron chi connectivity index (χ4n) is 4.79. The number of carbonyl (C=O) groups is 2. The van der Waals surface area contributed by atoms with Crippen molar-refractivity contribution >= 4 is 39.1 Å². The Kier molecular flexibility index (Phi) is 11.8. The van der Waals surface area contributed by atoms with Crippen LogP contribution in [0.4, 0.5) is 10.1 Å². The van der Waals surface area contributed by atoms with Crippen LogP contribution in [0.5, 0.6) is 5.75 Å². The molecule has 0 saturated carbocycles. The summed E-state index contributed by atoms with van der Waals surface area (Å²) in [6.45, 7) is 3.16. The predicted octanol–water partition coefficient (Wildman–Crippen LogP) is 6.24. The van der Waals surface area contributed by atoms with Crippen molar-refractivity contribution in [1.82, 2.24) is 10.2 Å². The van der Waals surface area contributed by atoms with Crippen molar-refractivity contribution in [1.29, 1.82) is 0 Å². The third-order valence-electron chi connectivity index (χ3n) is 7.58. The molecule has 2 amide bonds. The number of benzene rings is 4. The quantitative estimate of drug-likeness (QED) is 0.172. The van der Waals surface area contributed by atoms with Gasteiger partial charge in [-0.1, -0.05) is 61.0 Å². The topological polar surface area (TPSA) is 96.0 Å². The van der Waals surface area contributed by atoms with Crippen molar-refractivity contribution in [2.45, 2.75) is 50.2 Å². The largest absolute Gasteiger partial charge is 0.497 e. The Morgan fingerprint density at radius 3 is 2.11 bits per heavy atom. The summed E-state index contributed by atoms with van der Waals surface area (Å²) in [5.74, 6) is -1.11. The lowest BCUT2D eigenvalue weighted by atomic mass is 10.0. The Balaban J connectivity index is 1.80. The number of nitrogens with zero attached hydrogens (tertiary/aromatic N) is 2. The maximum absolute atomic E-state index is 14.5. The molecule has 0 aromatic heterocycles. The molecule has 0 fully saturated rings. The van der Waals surface area contributed by atoms with Crippen LogP contribution in [-0.4, -0.2) is 50.9 Å². The Hall–Kier alpha value is -4.41. The van der Waals surface area contributed by atoms with Crippen molar-refractivity contribution in [3.63, 3.8) is 0 Å². The summed E-state index contributed by atoms with van der Waals surface area (Å²) in [7, 11) is -2.87. The van der Waals surface area contributed by atoms with Gasteiger partial charge >= 0.3 is 0 Å². The summed E-state index contributed by atoms with van der Waals surface area (Å²) < 4.78 is 48.2. The molecule has 0 saturated heterocycles. The maximum atomic E-state index is 14.5. The van der Waals surface area contributed by atoms with Crippen molar-refractivity contribution in [3.8, 4) is 5.75 Å². The van der Waals surface area contributed by atoms with Gasteiger partial charge < -0.3 is 15.0 Å². The highest BCUT2D eigenvalue weighted by Crippen LogP contribution is 2.27. The van der Waals surface area contributed by atoms with Crippen LogP contribution in [0.1, 0.15) is 31.4 Å². The molecule has 0 unspecified atom stereocenters. The Morgan fingerprint density at radius 2 is 1.52 bits per heavy atom. The number of rotatable bonds is 14. The van der Waals surface area contributed by atoms with Crippen LogP contribution in [0.25, 0.3) is 0 Å². The molecule has 4 aromatic carbocycles. The average molecular weight is 666 g/mol. The number of carbonyl (C=O) groups excluding carboxylic acids is 2. The first-order valence-corrected chi connectivity index (χ1v) is 16.6.